The molecule has 11 heavy (non-hydrogen) atoms. The predicted octanol–water partition coefficient (Wildman–Crippen LogP) is -1.09. The molecule has 0 fully saturated rings. The number of nitrogens with zero attached hydrogens (tertiary/aromatic N) is 1. The van der Waals surface area contributed by atoms with Crippen LogP contribution < -0.4 is 5.73 Å². The first-order valence-corrected chi connectivity index (χ1v) is 3.10. The number of nitrogens with two attached hydrogens (primary N) is 1. The minimum atomic E-state index is -1.26. The molecule has 0 saturated carbocycles. The van der Waals surface area contributed by atoms with Gasteiger partial charge in [-0.2, -0.15) is 12.6 Å². The summed E-state index contributed by atoms with van der Waals surface area (Å²) >= 11 is 3.65. The second-order valence-electron chi connectivity index (χ2n) is 1.49. The SMILES string of the molecule is N[C@@H](CS)C(=O)OO[N+](=O)[O-]. The van der Waals surface area contributed by atoms with Crippen LogP contribution in [0, 0.1) is 10.1 Å². The Bertz CT molecular complexity index is 162. The maximum absolute atomic E-state index is 10.5. The van der Waals surface area contributed by atoms with E-state index in [1.165, 1.54) is 0 Å². The fourth-order valence-corrected chi connectivity index (χ4v) is 0.353. The van der Waals surface area contributed by atoms with E-state index in [0.29, 0.717) is 0 Å². The maximum Gasteiger partial charge on any atom is 0.360 e. The molecule has 0 aliphatic heterocycles. The Balaban J connectivity index is 3.60. The number of thiol groups is 1. The van der Waals surface area contributed by atoms with Gasteiger partial charge in [-0.3, -0.25) is 4.89 Å². The lowest BCUT2D eigenvalue weighted by atomic mass is 10.4. The molecule has 0 radical (unpaired) electrons. The van der Waals surface area contributed by atoms with Gasteiger partial charge in [-0.1, -0.05) is 4.99 Å². The molecule has 0 rings (SSSR count). The maximum atomic E-state index is 10.5. The molecule has 0 aliphatic carbocycles. The van der Waals surface area contributed by atoms with E-state index in [1.54, 1.807) is 0 Å². The van der Waals surface area contributed by atoms with E-state index in [9.17, 15) is 14.9 Å². The molecule has 0 spiro atoms. The summed E-state index contributed by atoms with van der Waals surface area (Å²) in [5.74, 6) is -1.00. The number of carbonyl (C=O) groups is 1. The van der Waals surface area contributed by atoms with Gasteiger partial charge in [-0.25, -0.2) is 4.79 Å². The van der Waals surface area contributed by atoms with Gasteiger partial charge in [-0.05, 0) is 0 Å². The van der Waals surface area contributed by atoms with E-state index in [-0.39, 0.29) is 5.75 Å². The number of hydrogen-bond donors (Lipinski definition) is 2. The van der Waals surface area contributed by atoms with Crippen LogP contribution in [0.3, 0.4) is 0 Å². The largest absolute Gasteiger partial charge is 0.360 e. The molecule has 0 aromatic rings. The third kappa shape index (κ3) is 4.39. The van der Waals surface area contributed by atoms with Crippen LogP contribution in [0.1, 0.15) is 0 Å². The fraction of sp³-hybridized carbons (Fsp3) is 0.667. The molecule has 0 aromatic heterocycles. The predicted molar refractivity (Wildman–Crippen MR) is 36.0 cm³/mol. The summed E-state index contributed by atoms with van der Waals surface area (Å²) in [5, 5.41) is 8.20. The summed E-state index contributed by atoms with van der Waals surface area (Å²) in [7, 11) is 0. The summed E-state index contributed by atoms with van der Waals surface area (Å²) in [6, 6.07) is -1.02. The van der Waals surface area contributed by atoms with Crippen molar-refractivity contribution in [3.63, 3.8) is 0 Å². The molecule has 0 heterocycles. The Labute approximate surface area is 66.9 Å². The topological polar surface area (TPSA) is 105 Å². The average molecular weight is 182 g/mol. The van der Waals surface area contributed by atoms with Crippen molar-refractivity contribution in [1.82, 2.24) is 0 Å². The first kappa shape index (κ1) is 9.98. The highest BCUT2D eigenvalue weighted by Crippen LogP contribution is 1.89. The van der Waals surface area contributed by atoms with Gasteiger partial charge in [0, 0.05) is 5.75 Å². The van der Waals surface area contributed by atoms with Gasteiger partial charge in [0.05, 0.1) is 0 Å². The number of rotatable bonds is 4. The molecular formula is C3H6N2O5S. The fourth-order valence-electron chi connectivity index (χ4n) is 0.203. The van der Waals surface area contributed by atoms with Crippen molar-refractivity contribution in [3.05, 3.63) is 10.1 Å². The zero-order valence-corrected chi connectivity index (χ0v) is 6.19. The molecule has 0 aromatic carbocycles. The van der Waals surface area contributed by atoms with Crippen molar-refractivity contribution in [1.29, 1.82) is 0 Å². The van der Waals surface area contributed by atoms with Crippen LogP contribution in [0.25, 0.3) is 0 Å². The van der Waals surface area contributed by atoms with Gasteiger partial charge < -0.3 is 5.73 Å². The van der Waals surface area contributed by atoms with Crippen LogP contribution in [-0.4, -0.2) is 22.9 Å². The summed E-state index contributed by atoms with van der Waals surface area (Å²) in [6.07, 6.45) is 0. The standard InChI is InChI=1S/C3H6N2O5S/c4-2(1-11)3(6)9-10-5(7)8/h2,11H,1,4H2/t2-/m0/s1. The van der Waals surface area contributed by atoms with Crippen LogP contribution in [-0.2, 0) is 14.7 Å². The van der Waals surface area contributed by atoms with Crippen molar-refractivity contribution in [2.75, 3.05) is 5.75 Å². The second kappa shape index (κ2) is 4.74. The lowest BCUT2D eigenvalue weighted by Gasteiger charge is -2.03. The van der Waals surface area contributed by atoms with Crippen molar-refractivity contribution >= 4 is 18.6 Å². The van der Waals surface area contributed by atoms with E-state index >= 15 is 0 Å². The third-order valence-electron chi connectivity index (χ3n) is 0.680. The normalized spacial score (nSPS) is 11.8. The van der Waals surface area contributed by atoms with Crippen LogP contribution in [0.5, 0.6) is 0 Å². The molecule has 0 amide bonds. The lowest BCUT2D eigenvalue weighted by Crippen LogP contribution is -2.34. The highest BCUT2D eigenvalue weighted by Gasteiger charge is 2.15. The van der Waals surface area contributed by atoms with Gasteiger partial charge in [0.25, 0.3) is 0 Å². The highest BCUT2D eigenvalue weighted by atomic mass is 32.1. The zero-order chi connectivity index (χ0) is 8.85. The minimum Gasteiger partial charge on any atom is -0.318 e. The van der Waals surface area contributed by atoms with Crippen molar-refractivity contribution in [3.8, 4) is 0 Å². The number of carbonyl (C=O) groups excluding carboxylic acids is 1. The molecule has 2 N–H and O–H groups in total. The molecule has 0 saturated heterocycles. The highest BCUT2D eigenvalue weighted by molar-refractivity contribution is 7.80. The summed E-state index contributed by atoms with van der Waals surface area (Å²) in [6.45, 7) is 0. The van der Waals surface area contributed by atoms with E-state index in [4.69, 9.17) is 5.73 Å². The Morgan fingerprint density at radius 3 is 2.73 bits per heavy atom. The number of hydrogen-bond acceptors (Lipinski definition) is 7. The quantitative estimate of drug-likeness (QED) is 0.248. The van der Waals surface area contributed by atoms with Crippen LogP contribution in [0.2, 0.25) is 0 Å². The summed E-state index contributed by atoms with van der Waals surface area (Å²) in [5.41, 5.74) is 5.05. The van der Waals surface area contributed by atoms with Gasteiger partial charge in [-0.15, -0.1) is 10.1 Å². The summed E-state index contributed by atoms with van der Waals surface area (Å²) in [4.78, 5) is 26.8. The second-order valence-corrected chi connectivity index (χ2v) is 1.85. The molecule has 7 nitrogen and oxygen atoms in total. The van der Waals surface area contributed by atoms with Crippen LogP contribution in [0.15, 0.2) is 0 Å². The molecule has 1 atom stereocenters. The van der Waals surface area contributed by atoms with Crippen molar-refractivity contribution in [2.45, 2.75) is 6.04 Å². The summed E-state index contributed by atoms with van der Waals surface area (Å²) < 4.78 is 0. The Morgan fingerprint density at radius 2 is 2.36 bits per heavy atom. The van der Waals surface area contributed by atoms with Crippen LogP contribution in [0.4, 0.5) is 0 Å². The van der Waals surface area contributed by atoms with Gasteiger partial charge in [0.1, 0.15) is 6.04 Å². The average Bonchev–Trinajstić information content (AvgIpc) is 1.98. The van der Waals surface area contributed by atoms with Gasteiger partial charge >= 0.3 is 11.1 Å². The van der Waals surface area contributed by atoms with E-state index < -0.39 is 17.1 Å². The van der Waals surface area contributed by atoms with E-state index in [0.717, 1.165) is 0 Å². The Kier molecular flexibility index (Phi) is 4.30. The third-order valence-corrected chi connectivity index (χ3v) is 1.07. The Hall–Kier alpha value is -1.02. The smallest absolute Gasteiger partial charge is 0.318 e. The first-order chi connectivity index (χ1) is 5.07. The van der Waals surface area contributed by atoms with Crippen LogP contribution >= 0.6 is 12.6 Å². The first-order valence-electron chi connectivity index (χ1n) is 2.47. The Morgan fingerprint density at radius 1 is 1.82 bits per heavy atom. The molecule has 64 valence electrons. The lowest BCUT2D eigenvalue weighted by molar-refractivity contribution is -0.839. The van der Waals surface area contributed by atoms with Crippen molar-refractivity contribution < 1.29 is 19.8 Å². The molecule has 0 unspecified atom stereocenters. The molecule has 0 bridgehead atoms. The molecular weight excluding hydrogens is 176 g/mol. The minimum absolute atomic E-state index is 0.0277. The van der Waals surface area contributed by atoms with E-state index in [2.05, 4.69) is 22.5 Å². The molecule has 0 aliphatic rings. The van der Waals surface area contributed by atoms with Crippen molar-refractivity contribution in [2.24, 2.45) is 5.73 Å². The molecule has 8 heteroatoms. The van der Waals surface area contributed by atoms with Gasteiger partial charge in [0.2, 0.25) is 0 Å². The van der Waals surface area contributed by atoms with Gasteiger partial charge in [0.15, 0.2) is 0 Å². The van der Waals surface area contributed by atoms with E-state index in [1.807, 2.05) is 0 Å². The monoisotopic (exact) mass is 182 g/mol. The zero-order valence-electron chi connectivity index (χ0n) is 5.30.